The van der Waals surface area contributed by atoms with E-state index in [1.54, 1.807) is 7.11 Å². The lowest BCUT2D eigenvalue weighted by Gasteiger charge is -2.15. The molecular formula is C20H18N2O2S. The Hall–Kier alpha value is -2.66. The van der Waals surface area contributed by atoms with E-state index in [0.29, 0.717) is 5.13 Å². The van der Waals surface area contributed by atoms with Crippen LogP contribution in [0.4, 0.5) is 5.13 Å². The lowest BCUT2D eigenvalue weighted by molar-refractivity contribution is -0.118. The molecule has 1 aliphatic rings. The van der Waals surface area contributed by atoms with Crippen LogP contribution in [-0.4, -0.2) is 18.0 Å². The van der Waals surface area contributed by atoms with E-state index in [-0.39, 0.29) is 5.91 Å². The third-order valence-electron chi connectivity index (χ3n) is 4.62. The van der Waals surface area contributed by atoms with Gasteiger partial charge in [0.1, 0.15) is 5.75 Å². The Balaban J connectivity index is 1.51. The molecule has 1 N–H and O–H groups in total. The van der Waals surface area contributed by atoms with Crippen LogP contribution in [0.3, 0.4) is 0 Å². The number of hydrogen-bond acceptors (Lipinski definition) is 4. The molecule has 4 nitrogen and oxygen atoms in total. The topological polar surface area (TPSA) is 51.2 Å². The average Bonchev–Trinajstić information content (AvgIpc) is 3.36. The van der Waals surface area contributed by atoms with Crippen molar-refractivity contribution < 1.29 is 9.53 Å². The zero-order valence-corrected chi connectivity index (χ0v) is 14.7. The SMILES string of the molecule is COc1ccc(C2(C(=O)Nc3nc(-c4ccccc4)cs3)CC2)cc1. The van der Waals surface area contributed by atoms with Crippen molar-refractivity contribution in [3.63, 3.8) is 0 Å². The maximum atomic E-state index is 12.8. The Morgan fingerprint density at radius 3 is 2.48 bits per heavy atom. The molecule has 4 rings (SSSR count). The van der Waals surface area contributed by atoms with Crippen LogP contribution < -0.4 is 10.1 Å². The molecule has 1 aliphatic carbocycles. The van der Waals surface area contributed by atoms with Crippen molar-refractivity contribution in [1.29, 1.82) is 0 Å². The summed E-state index contributed by atoms with van der Waals surface area (Å²) in [5.74, 6) is 0.819. The van der Waals surface area contributed by atoms with Gasteiger partial charge < -0.3 is 10.1 Å². The number of thiazole rings is 1. The first-order valence-corrected chi connectivity index (χ1v) is 9.06. The highest BCUT2D eigenvalue weighted by atomic mass is 32.1. The van der Waals surface area contributed by atoms with Gasteiger partial charge >= 0.3 is 0 Å². The summed E-state index contributed by atoms with van der Waals surface area (Å²) in [6, 6.07) is 17.7. The molecule has 126 valence electrons. The Morgan fingerprint density at radius 1 is 1.12 bits per heavy atom. The maximum Gasteiger partial charge on any atom is 0.236 e. The van der Waals surface area contributed by atoms with Crippen LogP contribution in [0.1, 0.15) is 18.4 Å². The third-order valence-corrected chi connectivity index (χ3v) is 5.38. The lowest BCUT2D eigenvalue weighted by atomic mass is 9.95. The van der Waals surface area contributed by atoms with E-state index >= 15 is 0 Å². The van der Waals surface area contributed by atoms with Crippen LogP contribution in [0.25, 0.3) is 11.3 Å². The molecule has 1 saturated carbocycles. The standard InChI is InChI=1S/C20H18N2O2S/c1-24-16-9-7-15(8-10-16)20(11-12-20)18(23)22-19-21-17(13-25-19)14-5-3-2-4-6-14/h2-10,13H,11-12H2,1H3,(H,21,22,23). The van der Waals surface area contributed by atoms with Gasteiger partial charge in [0.15, 0.2) is 5.13 Å². The van der Waals surface area contributed by atoms with Gasteiger partial charge in [-0.1, -0.05) is 42.5 Å². The second-order valence-corrected chi connectivity index (χ2v) is 7.03. The van der Waals surface area contributed by atoms with E-state index in [9.17, 15) is 4.79 Å². The minimum atomic E-state index is -0.426. The van der Waals surface area contributed by atoms with E-state index < -0.39 is 5.41 Å². The molecule has 1 amide bonds. The Labute approximate surface area is 150 Å². The molecule has 25 heavy (non-hydrogen) atoms. The number of rotatable bonds is 5. The number of aromatic nitrogens is 1. The van der Waals surface area contributed by atoms with E-state index in [4.69, 9.17) is 4.74 Å². The summed E-state index contributed by atoms with van der Waals surface area (Å²) in [6.45, 7) is 0. The molecular weight excluding hydrogens is 332 g/mol. The molecule has 0 unspecified atom stereocenters. The molecule has 1 aromatic heterocycles. The second-order valence-electron chi connectivity index (χ2n) is 6.17. The van der Waals surface area contributed by atoms with Gasteiger partial charge in [0.05, 0.1) is 18.2 Å². The van der Waals surface area contributed by atoms with Crippen LogP contribution in [0, 0.1) is 0 Å². The molecule has 0 saturated heterocycles. The number of hydrogen-bond donors (Lipinski definition) is 1. The molecule has 1 fully saturated rings. The molecule has 2 aromatic carbocycles. The minimum absolute atomic E-state index is 0.0200. The smallest absolute Gasteiger partial charge is 0.236 e. The number of ether oxygens (including phenoxy) is 1. The molecule has 0 spiro atoms. The summed E-state index contributed by atoms with van der Waals surface area (Å²) in [7, 11) is 1.64. The Morgan fingerprint density at radius 2 is 1.84 bits per heavy atom. The molecule has 0 radical (unpaired) electrons. The summed E-state index contributed by atoms with van der Waals surface area (Å²) < 4.78 is 5.19. The Bertz CT molecular complexity index is 884. The van der Waals surface area contributed by atoms with E-state index in [1.165, 1.54) is 11.3 Å². The highest BCUT2D eigenvalue weighted by molar-refractivity contribution is 7.14. The predicted molar refractivity (Wildman–Crippen MR) is 100 cm³/mol. The molecule has 1 heterocycles. The van der Waals surface area contributed by atoms with Crippen molar-refractivity contribution in [3.05, 3.63) is 65.5 Å². The van der Waals surface area contributed by atoms with E-state index in [0.717, 1.165) is 35.4 Å². The first kappa shape index (κ1) is 15.8. The summed E-state index contributed by atoms with van der Waals surface area (Å²) in [5, 5.41) is 5.61. The monoisotopic (exact) mass is 350 g/mol. The number of amides is 1. The molecule has 0 atom stereocenters. The normalized spacial score (nSPS) is 14.8. The predicted octanol–water partition coefficient (Wildman–Crippen LogP) is 4.49. The van der Waals surface area contributed by atoms with Crippen LogP contribution in [0.15, 0.2) is 60.0 Å². The highest BCUT2D eigenvalue weighted by Crippen LogP contribution is 2.49. The lowest BCUT2D eigenvalue weighted by Crippen LogP contribution is -2.27. The number of nitrogens with one attached hydrogen (secondary N) is 1. The number of methoxy groups -OCH3 is 1. The highest BCUT2D eigenvalue weighted by Gasteiger charge is 2.51. The summed E-state index contributed by atoms with van der Waals surface area (Å²) in [6.07, 6.45) is 1.73. The van der Waals surface area contributed by atoms with Crippen molar-refractivity contribution >= 4 is 22.4 Å². The van der Waals surface area contributed by atoms with Gasteiger partial charge in [-0.3, -0.25) is 4.79 Å². The van der Waals surface area contributed by atoms with E-state index in [1.807, 2.05) is 60.0 Å². The number of anilines is 1. The summed E-state index contributed by atoms with van der Waals surface area (Å²) >= 11 is 1.45. The van der Waals surface area contributed by atoms with Gasteiger partial charge in [-0.2, -0.15) is 0 Å². The number of carbonyl (C=O) groups is 1. The Kier molecular flexibility index (Phi) is 4.01. The second kappa shape index (κ2) is 6.33. The molecule has 0 aliphatic heterocycles. The number of carbonyl (C=O) groups excluding carboxylic acids is 1. The fourth-order valence-corrected chi connectivity index (χ4v) is 3.69. The van der Waals surface area contributed by atoms with Crippen molar-refractivity contribution in [1.82, 2.24) is 4.98 Å². The van der Waals surface area contributed by atoms with Crippen molar-refractivity contribution in [2.24, 2.45) is 0 Å². The number of nitrogens with zero attached hydrogens (tertiary/aromatic N) is 1. The van der Waals surface area contributed by atoms with Crippen LogP contribution >= 0.6 is 11.3 Å². The van der Waals surface area contributed by atoms with Crippen molar-refractivity contribution in [2.75, 3.05) is 12.4 Å². The average molecular weight is 350 g/mol. The minimum Gasteiger partial charge on any atom is -0.497 e. The zero-order valence-electron chi connectivity index (χ0n) is 13.9. The fourth-order valence-electron chi connectivity index (χ4n) is 2.97. The summed E-state index contributed by atoms with van der Waals surface area (Å²) in [5.41, 5.74) is 2.54. The first-order chi connectivity index (χ1) is 12.2. The van der Waals surface area contributed by atoms with E-state index in [2.05, 4.69) is 10.3 Å². The van der Waals surface area contributed by atoms with Crippen molar-refractivity contribution in [3.8, 4) is 17.0 Å². The molecule has 0 bridgehead atoms. The van der Waals surface area contributed by atoms with Crippen LogP contribution in [0.5, 0.6) is 5.75 Å². The van der Waals surface area contributed by atoms with Gasteiger partial charge in [0.25, 0.3) is 0 Å². The van der Waals surface area contributed by atoms with Gasteiger partial charge in [-0.05, 0) is 30.5 Å². The van der Waals surface area contributed by atoms with Crippen molar-refractivity contribution in [2.45, 2.75) is 18.3 Å². The maximum absolute atomic E-state index is 12.8. The van der Waals surface area contributed by atoms with Gasteiger partial charge in [0.2, 0.25) is 5.91 Å². The fraction of sp³-hybridized carbons (Fsp3) is 0.200. The zero-order chi connectivity index (χ0) is 17.3. The van der Waals surface area contributed by atoms with Crippen LogP contribution in [0.2, 0.25) is 0 Å². The molecule has 3 aromatic rings. The largest absolute Gasteiger partial charge is 0.497 e. The third kappa shape index (κ3) is 3.03. The number of benzene rings is 2. The van der Waals surface area contributed by atoms with Gasteiger partial charge in [-0.25, -0.2) is 4.98 Å². The van der Waals surface area contributed by atoms with Crippen LogP contribution in [-0.2, 0) is 10.2 Å². The summed E-state index contributed by atoms with van der Waals surface area (Å²) in [4.78, 5) is 17.4. The van der Waals surface area contributed by atoms with Gasteiger partial charge in [-0.15, -0.1) is 11.3 Å². The molecule has 5 heteroatoms. The quantitative estimate of drug-likeness (QED) is 0.738. The van der Waals surface area contributed by atoms with Gasteiger partial charge in [0, 0.05) is 10.9 Å². The first-order valence-electron chi connectivity index (χ1n) is 8.18.